The van der Waals surface area contributed by atoms with E-state index >= 15 is 0 Å². The molecular formula is C32H22OS. The maximum absolute atomic E-state index is 5.72. The SMILES string of the molecule is COc1ccc2c(c1)C(c1ccccc1)=C(c1ccccc1)C21c2ccccc2-c2sccc21. The van der Waals surface area contributed by atoms with Crippen LogP contribution in [0.4, 0.5) is 0 Å². The van der Waals surface area contributed by atoms with E-state index < -0.39 is 0 Å². The molecule has 1 nitrogen and oxygen atoms in total. The summed E-state index contributed by atoms with van der Waals surface area (Å²) < 4.78 is 5.72. The zero-order chi connectivity index (χ0) is 22.7. The average Bonchev–Trinajstić information content (AvgIpc) is 3.57. The third-order valence-corrected chi connectivity index (χ3v) is 8.24. The van der Waals surface area contributed by atoms with Gasteiger partial charge in [0.2, 0.25) is 0 Å². The number of fused-ring (bicyclic) bond motifs is 7. The lowest BCUT2D eigenvalue weighted by atomic mass is 9.68. The minimum atomic E-state index is -0.361. The van der Waals surface area contributed by atoms with Crippen LogP contribution >= 0.6 is 11.3 Å². The summed E-state index contributed by atoms with van der Waals surface area (Å²) in [6.45, 7) is 0. The van der Waals surface area contributed by atoms with Gasteiger partial charge in [-0.3, -0.25) is 0 Å². The topological polar surface area (TPSA) is 9.23 Å². The molecule has 0 amide bonds. The van der Waals surface area contributed by atoms with Gasteiger partial charge < -0.3 is 4.74 Å². The second-order valence-electron chi connectivity index (χ2n) is 8.85. The van der Waals surface area contributed by atoms with Crippen LogP contribution in [0.15, 0.2) is 115 Å². The molecule has 5 aromatic rings. The lowest BCUT2D eigenvalue weighted by Gasteiger charge is -2.32. The first-order valence-corrected chi connectivity index (χ1v) is 12.4. The number of allylic oxidation sites excluding steroid dienone is 1. The standard InChI is InChI=1S/C32H22OS/c1-33-23-16-17-27-25(20-23)29(21-10-4-2-5-11-21)30(22-12-6-3-7-13-22)32(27)26-15-9-8-14-24(26)31-28(32)18-19-34-31/h2-20H,1H3. The van der Waals surface area contributed by atoms with Crippen LogP contribution in [0.25, 0.3) is 21.6 Å². The minimum Gasteiger partial charge on any atom is -0.497 e. The maximum atomic E-state index is 5.72. The normalized spacial score (nSPS) is 17.6. The average molecular weight is 455 g/mol. The second kappa shape index (κ2) is 7.31. The van der Waals surface area contributed by atoms with Gasteiger partial charge in [-0.25, -0.2) is 0 Å². The van der Waals surface area contributed by atoms with Crippen molar-refractivity contribution in [3.63, 3.8) is 0 Å². The Morgan fingerprint density at radius 3 is 2.06 bits per heavy atom. The van der Waals surface area contributed by atoms with Gasteiger partial charge in [0.25, 0.3) is 0 Å². The van der Waals surface area contributed by atoms with E-state index in [4.69, 9.17) is 4.74 Å². The summed E-state index contributed by atoms with van der Waals surface area (Å²) in [7, 11) is 1.75. The molecule has 1 atom stereocenters. The number of hydrogen-bond acceptors (Lipinski definition) is 2. The molecule has 0 radical (unpaired) electrons. The van der Waals surface area contributed by atoms with Gasteiger partial charge in [-0.1, -0.05) is 91.0 Å². The zero-order valence-corrected chi connectivity index (χ0v) is 19.6. The fourth-order valence-electron chi connectivity index (χ4n) is 6.04. The molecule has 2 heteroatoms. The van der Waals surface area contributed by atoms with E-state index in [1.165, 1.54) is 55.0 Å². The van der Waals surface area contributed by atoms with E-state index in [1.54, 1.807) is 7.11 Å². The van der Waals surface area contributed by atoms with Gasteiger partial charge in [0, 0.05) is 4.88 Å². The number of benzene rings is 4. The molecule has 0 saturated heterocycles. The first-order valence-electron chi connectivity index (χ1n) is 11.6. The predicted octanol–water partition coefficient (Wildman–Crippen LogP) is 8.04. The van der Waals surface area contributed by atoms with Gasteiger partial charge in [0.1, 0.15) is 5.75 Å². The second-order valence-corrected chi connectivity index (χ2v) is 9.77. The Kier molecular flexibility index (Phi) is 4.21. The molecule has 34 heavy (non-hydrogen) atoms. The molecule has 0 N–H and O–H groups in total. The van der Waals surface area contributed by atoms with E-state index in [9.17, 15) is 0 Å². The number of rotatable bonds is 3. The van der Waals surface area contributed by atoms with Gasteiger partial charge in [0.15, 0.2) is 0 Å². The van der Waals surface area contributed by atoms with Crippen LogP contribution in [0.2, 0.25) is 0 Å². The van der Waals surface area contributed by atoms with Crippen molar-refractivity contribution >= 4 is 22.5 Å². The van der Waals surface area contributed by atoms with Crippen LogP contribution in [0, 0.1) is 0 Å². The zero-order valence-electron chi connectivity index (χ0n) is 18.8. The van der Waals surface area contributed by atoms with Crippen molar-refractivity contribution in [3.05, 3.63) is 148 Å². The van der Waals surface area contributed by atoms with E-state index in [0.29, 0.717) is 0 Å². The molecule has 2 aliphatic rings. The fraction of sp³-hybridized carbons (Fsp3) is 0.0625. The van der Waals surface area contributed by atoms with Gasteiger partial charge in [-0.2, -0.15) is 0 Å². The van der Waals surface area contributed by atoms with Crippen LogP contribution in [0.5, 0.6) is 5.75 Å². The molecule has 162 valence electrons. The Labute approximate surface area is 203 Å². The Morgan fingerprint density at radius 2 is 1.29 bits per heavy atom. The monoisotopic (exact) mass is 454 g/mol. The smallest absolute Gasteiger partial charge is 0.119 e. The number of methoxy groups -OCH3 is 1. The van der Waals surface area contributed by atoms with E-state index in [1.807, 2.05) is 11.3 Å². The molecule has 1 heterocycles. The summed E-state index contributed by atoms with van der Waals surface area (Å²) in [6.07, 6.45) is 0. The Morgan fingerprint density at radius 1 is 0.618 bits per heavy atom. The van der Waals surface area contributed by atoms with Gasteiger partial charge >= 0.3 is 0 Å². The summed E-state index contributed by atoms with van der Waals surface area (Å²) in [5, 5.41) is 2.24. The summed E-state index contributed by atoms with van der Waals surface area (Å²) in [6, 6.07) is 39.7. The van der Waals surface area contributed by atoms with Gasteiger partial charge in [0.05, 0.1) is 12.5 Å². The molecule has 0 aliphatic heterocycles. The number of thiophene rings is 1. The maximum Gasteiger partial charge on any atom is 0.119 e. The molecule has 0 fully saturated rings. The highest BCUT2D eigenvalue weighted by Gasteiger charge is 2.54. The van der Waals surface area contributed by atoms with Crippen LogP contribution in [0.1, 0.15) is 33.4 Å². The van der Waals surface area contributed by atoms with Crippen molar-refractivity contribution < 1.29 is 4.74 Å². The molecule has 0 saturated carbocycles. The van der Waals surface area contributed by atoms with Crippen molar-refractivity contribution in [2.75, 3.05) is 7.11 Å². The van der Waals surface area contributed by atoms with Crippen molar-refractivity contribution in [3.8, 4) is 16.2 Å². The largest absolute Gasteiger partial charge is 0.497 e. The quantitative estimate of drug-likeness (QED) is 0.268. The van der Waals surface area contributed by atoms with Crippen molar-refractivity contribution in [1.29, 1.82) is 0 Å². The third kappa shape index (κ3) is 2.44. The van der Waals surface area contributed by atoms with E-state index in [2.05, 4.69) is 115 Å². The van der Waals surface area contributed by atoms with Crippen molar-refractivity contribution in [2.24, 2.45) is 0 Å². The van der Waals surface area contributed by atoms with Crippen molar-refractivity contribution in [1.82, 2.24) is 0 Å². The molecule has 0 bridgehead atoms. The van der Waals surface area contributed by atoms with E-state index in [-0.39, 0.29) is 5.41 Å². The molecule has 1 spiro atoms. The fourth-order valence-corrected chi connectivity index (χ4v) is 7.03. The Balaban J connectivity index is 1.72. The minimum absolute atomic E-state index is 0.361. The molecule has 1 aromatic heterocycles. The highest BCUT2D eigenvalue weighted by Crippen LogP contribution is 2.66. The highest BCUT2D eigenvalue weighted by molar-refractivity contribution is 7.14. The molecule has 4 aromatic carbocycles. The van der Waals surface area contributed by atoms with Crippen molar-refractivity contribution in [2.45, 2.75) is 5.41 Å². The molecule has 2 aliphatic carbocycles. The Hall–Kier alpha value is -3.88. The van der Waals surface area contributed by atoms with Crippen LogP contribution in [0.3, 0.4) is 0 Å². The number of hydrogen-bond donors (Lipinski definition) is 0. The first kappa shape index (κ1) is 19.6. The predicted molar refractivity (Wildman–Crippen MR) is 141 cm³/mol. The first-order chi connectivity index (χ1) is 16.8. The summed E-state index contributed by atoms with van der Waals surface area (Å²) >= 11 is 1.84. The van der Waals surface area contributed by atoms with Gasteiger partial charge in [-0.05, 0) is 73.7 Å². The van der Waals surface area contributed by atoms with Gasteiger partial charge in [-0.15, -0.1) is 11.3 Å². The van der Waals surface area contributed by atoms with Crippen LogP contribution < -0.4 is 4.74 Å². The lowest BCUT2D eigenvalue weighted by molar-refractivity contribution is 0.414. The third-order valence-electron chi connectivity index (χ3n) is 7.29. The Bertz CT molecular complexity index is 1580. The lowest BCUT2D eigenvalue weighted by Crippen LogP contribution is -2.26. The van der Waals surface area contributed by atoms with Crippen LogP contribution in [-0.4, -0.2) is 7.11 Å². The highest BCUT2D eigenvalue weighted by atomic mass is 32.1. The molecule has 1 unspecified atom stereocenters. The van der Waals surface area contributed by atoms with Crippen LogP contribution in [-0.2, 0) is 5.41 Å². The van der Waals surface area contributed by atoms with E-state index in [0.717, 1.165) is 5.75 Å². The summed E-state index contributed by atoms with van der Waals surface area (Å²) in [5.74, 6) is 0.883. The molecule has 7 rings (SSSR count). The number of ether oxygens (including phenoxy) is 1. The molecular weight excluding hydrogens is 432 g/mol. The summed E-state index contributed by atoms with van der Waals surface area (Å²) in [5.41, 5.74) is 11.4. The summed E-state index contributed by atoms with van der Waals surface area (Å²) in [4.78, 5) is 1.38.